The smallest absolute Gasteiger partial charge is 0.227 e. The number of nitrogens with one attached hydrogen (secondary N) is 1. The zero-order chi connectivity index (χ0) is 17.8. The van der Waals surface area contributed by atoms with Crippen LogP contribution in [-0.2, 0) is 16.0 Å². The van der Waals surface area contributed by atoms with E-state index in [4.69, 9.17) is 4.42 Å². The molecule has 1 aromatic carbocycles. The van der Waals surface area contributed by atoms with Crippen LogP contribution in [-0.4, -0.2) is 30.0 Å². The predicted octanol–water partition coefficient (Wildman–Crippen LogP) is 1.94. The summed E-state index contributed by atoms with van der Waals surface area (Å²) in [7, 11) is 0. The number of halogens is 1. The lowest BCUT2D eigenvalue weighted by Gasteiger charge is -2.29. The fourth-order valence-electron chi connectivity index (χ4n) is 2.87. The van der Waals surface area contributed by atoms with E-state index in [1.165, 1.54) is 23.3 Å². The molecule has 1 aromatic heterocycles. The van der Waals surface area contributed by atoms with E-state index in [-0.39, 0.29) is 37.1 Å². The molecule has 2 amide bonds. The van der Waals surface area contributed by atoms with Crippen molar-refractivity contribution >= 4 is 17.5 Å². The maximum Gasteiger partial charge on any atom is 0.227 e. The van der Waals surface area contributed by atoms with Crippen molar-refractivity contribution in [2.75, 3.05) is 18.0 Å². The molecule has 7 heteroatoms. The first kappa shape index (κ1) is 17.2. The number of aliphatic hydroxyl groups excluding tert-OH is 1. The fraction of sp³-hybridized carbons (Fsp3) is 0.333. The Bertz CT molecular complexity index is 760. The Balaban J connectivity index is 1.54. The lowest BCUT2D eigenvalue weighted by molar-refractivity contribution is -0.121. The summed E-state index contributed by atoms with van der Waals surface area (Å²) in [6, 6.07) is 7.58. The predicted molar refractivity (Wildman–Crippen MR) is 88.4 cm³/mol. The molecular weight excluding hydrogens is 327 g/mol. The minimum absolute atomic E-state index is 0.0299. The molecule has 2 N–H and O–H groups in total. The highest BCUT2D eigenvalue weighted by Gasteiger charge is 2.24. The number of amides is 2. The van der Waals surface area contributed by atoms with Gasteiger partial charge >= 0.3 is 0 Å². The summed E-state index contributed by atoms with van der Waals surface area (Å²) in [6.07, 6.45) is 1.43. The van der Waals surface area contributed by atoms with Crippen molar-refractivity contribution in [3.63, 3.8) is 0 Å². The van der Waals surface area contributed by atoms with Crippen molar-refractivity contribution in [1.29, 1.82) is 0 Å². The first-order valence-corrected chi connectivity index (χ1v) is 8.11. The Kier molecular flexibility index (Phi) is 5.14. The third-order valence-electron chi connectivity index (χ3n) is 4.17. The first-order valence-electron chi connectivity index (χ1n) is 8.11. The van der Waals surface area contributed by atoms with Crippen LogP contribution in [0.1, 0.15) is 30.3 Å². The van der Waals surface area contributed by atoms with E-state index in [0.29, 0.717) is 24.3 Å². The van der Waals surface area contributed by atoms with E-state index in [1.807, 2.05) is 0 Å². The number of nitrogens with zero attached hydrogens (tertiary/aromatic N) is 1. The molecule has 132 valence electrons. The standard InChI is InChI=1S/C18H19FN2O4/c19-13-4-5-14-12(10-13)3-6-18(24)21(14)8-7-17(23)20-11-15(22)16-2-1-9-25-16/h1-2,4-5,9-10,15,22H,3,6-8,11H2,(H,20,23)/t15-/m1/s1. The van der Waals surface area contributed by atoms with Crippen LogP contribution < -0.4 is 10.2 Å². The van der Waals surface area contributed by atoms with E-state index in [9.17, 15) is 19.1 Å². The monoisotopic (exact) mass is 346 g/mol. The van der Waals surface area contributed by atoms with Crippen LogP contribution in [0.2, 0.25) is 0 Å². The molecule has 2 heterocycles. The summed E-state index contributed by atoms with van der Waals surface area (Å²) in [4.78, 5) is 25.6. The minimum Gasteiger partial charge on any atom is -0.467 e. The first-order chi connectivity index (χ1) is 12.0. The van der Waals surface area contributed by atoms with Gasteiger partial charge in [-0.3, -0.25) is 9.59 Å². The zero-order valence-electron chi connectivity index (χ0n) is 13.6. The van der Waals surface area contributed by atoms with Gasteiger partial charge in [-0.05, 0) is 42.3 Å². The van der Waals surface area contributed by atoms with Gasteiger partial charge in [0.1, 0.15) is 17.7 Å². The normalized spacial score (nSPS) is 15.0. The number of aliphatic hydroxyl groups is 1. The maximum atomic E-state index is 13.3. The fourth-order valence-corrected chi connectivity index (χ4v) is 2.87. The summed E-state index contributed by atoms with van der Waals surface area (Å²) in [5, 5.41) is 12.5. The Morgan fingerprint density at radius 2 is 2.20 bits per heavy atom. The quantitative estimate of drug-likeness (QED) is 0.837. The van der Waals surface area contributed by atoms with Crippen LogP contribution in [0.4, 0.5) is 10.1 Å². The van der Waals surface area contributed by atoms with Crippen LogP contribution in [0.3, 0.4) is 0 Å². The highest BCUT2D eigenvalue weighted by Crippen LogP contribution is 2.28. The van der Waals surface area contributed by atoms with E-state index in [0.717, 1.165) is 5.56 Å². The summed E-state index contributed by atoms with van der Waals surface area (Å²) in [5.41, 5.74) is 1.43. The maximum absolute atomic E-state index is 13.3. The molecule has 1 aliphatic rings. The second-order valence-electron chi connectivity index (χ2n) is 5.90. The molecule has 0 saturated carbocycles. The van der Waals surface area contributed by atoms with Crippen LogP contribution in [0, 0.1) is 5.82 Å². The van der Waals surface area contributed by atoms with Gasteiger partial charge in [-0.15, -0.1) is 0 Å². The number of hydrogen-bond donors (Lipinski definition) is 2. The van der Waals surface area contributed by atoms with Gasteiger partial charge < -0.3 is 19.7 Å². The highest BCUT2D eigenvalue weighted by atomic mass is 19.1. The second-order valence-corrected chi connectivity index (χ2v) is 5.90. The topological polar surface area (TPSA) is 82.8 Å². The molecule has 0 bridgehead atoms. The lowest BCUT2D eigenvalue weighted by Crippen LogP contribution is -2.38. The molecule has 1 aliphatic heterocycles. The molecule has 25 heavy (non-hydrogen) atoms. The molecule has 1 atom stereocenters. The molecule has 0 radical (unpaired) electrons. The number of rotatable bonds is 6. The molecular formula is C18H19FN2O4. The molecule has 0 unspecified atom stereocenters. The molecule has 6 nitrogen and oxygen atoms in total. The van der Waals surface area contributed by atoms with Crippen molar-refractivity contribution in [3.05, 3.63) is 53.7 Å². The SMILES string of the molecule is O=C(CCN1C(=O)CCc2cc(F)ccc21)NC[C@@H](O)c1ccco1. The second kappa shape index (κ2) is 7.48. The van der Waals surface area contributed by atoms with Crippen LogP contribution in [0.25, 0.3) is 0 Å². The van der Waals surface area contributed by atoms with Crippen LogP contribution >= 0.6 is 0 Å². The van der Waals surface area contributed by atoms with Gasteiger partial charge in [-0.25, -0.2) is 4.39 Å². The molecule has 0 aliphatic carbocycles. The van der Waals surface area contributed by atoms with Crippen molar-refractivity contribution < 1.29 is 23.5 Å². The number of carbonyl (C=O) groups is 2. The Labute approximate surface area is 144 Å². The largest absolute Gasteiger partial charge is 0.467 e. The van der Waals surface area contributed by atoms with E-state index in [1.54, 1.807) is 18.2 Å². The lowest BCUT2D eigenvalue weighted by atomic mass is 10.0. The van der Waals surface area contributed by atoms with Crippen LogP contribution in [0.15, 0.2) is 41.0 Å². The van der Waals surface area contributed by atoms with E-state index >= 15 is 0 Å². The number of anilines is 1. The number of hydrogen-bond acceptors (Lipinski definition) is 4. The van der Waals surface area contributed by atoms with E-state index < -0.39 is 6.10 Å². The van der Waals surface area contributed by atoms with Crippen molar-refractivity contribution in [2.24, 2.45) is 0 Å². The van der Waals surface area contributed by atoms with Crippen molar-refractivity contribution in [2.45, 2.75) is 25.4 Å². The van der Waals surface area contributed by atoms with Gasteiger partial charge in [-0.2, -0.15) is 0 Å². The molecule has 0 fully saturated rings. The Morgan fingerprint density at radius 3 is 2.96 bits per heavy atom. The van der Waals surface area contributed by atoms with Crippen molar-refractivity contribution in [1.82, 2.24) is 5.32 Å². The summed E-state index contributed by atoms with van der Waals surface area (Å²) in [6.45, 7) is 0.238. The third kappa shape index (κ3) is 4.06. The number of furan rings is 1. The summed E-state index contributed by atoms with van der Waals surface area (Å²) < 4.78 is 18.4. The van der Waals surface area contributed by atoms with Gasteiger partial charge in [-0.1, -0.05) is 0 Å². The van der Waals surface area contributed by atoms with Gasteiger partial charge in [0.05, 0.1) is 12.8 Å². The highest BCUT2D eigenvalue weighted by molar-refractivity contribution is 5.97. The van der Waals surface area contributed by atoms with Crippen LogP contribution in [0.5, 0.6) is 0 Å². The summed E-state index contributed by atoms with van der Waals surface area (Å²) in [5.74, 6) is -0.324. The average Bonchev–Trinajstić information content (AvgIpc) is 3.13. The average molecular weight is 346 g/mol. The van der Waals surface area contributed by atoms with Gasteiger partial charge in [0, 0.05) is 25.1 Å². The Hall–Kier alpha value is -2.67. The van der Waals surface area contributed by atoms with Gasteiger partial charge in [0.2, 0.25) is 11.8 Å². The Morgan fingerprint density at radius 1 is 1.36 bits per heavy atom. The minimum atomic E-state index is -0.917. The van der Waals surface area contributed by atoms with Gasteiger partial charge in [0.25, 0.3) is 0 Å². The number of carbonyl (C=O) groups excluding carboxylic acids is 2. The molecule has 0 saturated heterocycles. The number of aryl methyl sites for hydroxylation is 1. The molecule has 0 spiro atoms. The molecule has 3 rings (SSSR count). The summed E-state index contributed by atoms with van der Waals surface area (Å²) >= 11 is 0. The number of fused-ring (bicyclic) bond motifs is 1. The third-order valence-corrected chi connectivity index (χ3v) is 4.17. The zero-order valence-corrected chi connectivity index (χ0v) is 13.6. The van der Waals surface area contributed by atoms with Gasteiger partial charge in [0.15, 0.2) is 0 Å². The van der Waals surface area contributed by atoms with E-state index in [2.05, 4.69) is 5.32 Å². The number of benzene rings is 1. The van der Waals surface area contributed by atoms with Crippen molar-refractivity contribution in [3.8, 4) is 0 Å². The molecule has 2 aromatic rings.